The van der Waals surface area contributed by atoms with E-state index < -0.39 is 0 Å². The van der Waals surface area contributed by atoms with Gasteiger partial charge < -0.3 is 10.6 Å². The molecule has 2 N–H and O–H groups in total. The summed E-state index contributed by atoms with van der Waals surface area (Å²) in [7, 11) is 0. The number of nitrogens with zero attached hydrogens (tertiary/aromatic N) is 1. The Kier molecular flexibility index (Phi) is 5.50. The van der Waals surface area contributed by atoms with Crippen molar-refractivity contribution in [1.82, 2.24) is 10.6 Å². The molecule has 1 aliphatic heterocycles. The number of hydrogen-bond acceptors (Lipinski definition) is 3. The molecule has 1 fully saturated rings. The molecule has 0 bridgehead atoms. The van der Waals surface area contributed by atoms with Crippen LogP contribution >= 0.6 is 11.8 Å². The Labute approximate surface area is 114 Å². The number of thioether (sulfide) groups is 1. The third kappa shape index (κ3) is 5.76. The van der Waals surface area contributed by atoms with Gasteiger partial charge in [-0.25, -0.2) is 0 Å². The lowest BCUT2D eigenvalue weighted by atomic mass is 10.1. The van der Waals surface area contributed by atoms with Gasteiger partial charge >= 0.3 is 0 Å². The predicted molar refractivity (Wildman–Crippen MR) is 79.0 cm³/mol. The summed E-state index contributed by atoms with van der Waals surface area (Å²) in [6.07, 6.45) is 0.451. The zero-order chi connectivity index (χ0) is 13.8. The highest BCUT2D eigenvalue weighted by Gasteiger charge is 2.20. The lowest BCUT2D eigenvalue weighted by Gasteiger charge is -2.28. The van der Waals surface area contributed by atoms with Crippen molar-refractivity contribution >= 4 is 22.8 Å². The van der Waals surface area contributed by atoms with Gasteiger partial charge in [0.25, 0.3) is 0 Å². The zero-order valence-electron chi connectivity index (χ0n) is 12.0. The summed E-state index contributed by atoms with van der Waals surface area (Å²) in [5.74, 6) is 1.83. The molecular weight excluding hydrogens is 246 g/mol. The average molecular weight is 271 g/mol. The minimum absolute atomic E-state index is 0.0640. The molecule has 2 atom stereocenters. The van der Waals surface area contributed by atoms with Crippen molar-refractivity contribution in [3.05, 3.63) is 0 Å². The van der Waals surface area contributed by atoms with Crippen molar-refractivity contribution in [3.63, 3.8) is 0 Å². The van der Waals surface area contributed by atoms with Gasteiger partial charge in [-0.1, -0.05) is 18.7 Å². The fourth-order valence-electron chi connectivity index (χ4n) is 1.56. The highest BCUT2D eigenvalue weighted by molar-refractivity contribution is 8.13. The maximum atomic E-state index is 11.6. The quantitative estimate of drug-likeness (QED) is 0.825. The largest absolute Gasteiger partial charge is 0.362 e. The number of hydrogen-bond donors (Lipinski definition) is 2. The lowest BCUT2D eigenvalue weighted by Crippen LogP contribution is -2.42. The molecule has 104 valence electrons. The summed E-state index contributed by atoms with van der Waals surface area (Å²) in [5.41, 5.74) is -0.161. The van der Waals surface area contributed by atoms with Crippen LogP contribution in [0.4, 0.5) is 0 Å². The molecule has 1 amide bonds. The molecule has 4 nitrogen and oxygen atoms in total. The first-order chi connectivity index (χ1) is 8.28. The van der Waals surface area contributed by atoms with Crippen molar-refractivity contribution in [2.45, 2.75) is 52.6 Å². The number of amides is 1. The van der Waals surface area contributed by atoms with Crippen molar-refractivity contribution in [2.75, 3.05) is 12.3 Å². The molecule has 0 aromatic rings. The van der Waals surface area contributed by atoms with Gasteiger partial charge in [-0.3, -0.25) is 9.79 Å². The molecule has 1 aliphatic rings. The van der Waals surface area contributed by atoms with E-state index in [1.165, 1.54) is 0 Å². The normalized spacial score (nSPS) is 26.8. The zero-order valence-corrected chi connectivity index (χ0v) is 12.9. The molecule has 1 heterocycles. The first-order valence-electron chi connectivity index (χ1n) is 6.53. The summed E-state index contributed by atoms with van der Waals surface area (Å²) in [4.78, 5) is 16.1. The van der Waals surface area contributed by atoms with Gasteiger partial charge in [-0.05, 0) is 33.6 Å². The van der Waals surface area contributed by atoms with Gasteiger partial charge in [0.1, 0.15) is 0 Å². The number of rotatable bonds is 3. The molecule has 0 aliphatic carbocycles. The Morgan fingerprint density at radius 1 is 1.50 bits per heavy atom. The smallest absolute Gasteiger partial charge is 0.222 e. The van der Waals surface area contributed by atoms with Crippen LogP contribution in [0.25, 0.3) is 0 Å². The van der Waals surface area contributed by atoms with Gasteiger partial charge in [-0.2, -0.15) is 0 Å². The average Bonchev–Trinajstić information content (AvgIpc) is 2.20. The second-order valence-corrected chi connectivity index (χ2v) is 6.97. The molecule has 0 aromatic carbocycles. The highest BCUT2D eigenvalue weighted by atomic mass is 32.2. The summed E-state index contributed by atoms with van der Waals surface area (Å²) in [6, 6.07) is 0.466. The van der Waals surface area contributed by atoms with E-state index in [2.05, 4.69) is 29.5 Å². The first kappa shape index (κ1) is 15.3. The van der Waals surface area contributed by atoms with Crippen LogP contribution in [-0.4, -0.2) is 35.0 Å². The fraction of sp³-hybridized carbons (Fsp3) is 0.846. The maximum absolute atomic E-state index is 11.6. The van der Waals surface area contributed by atoms with E-state index in [4.69, 9.17) is 0 Å². The molecule has 5 heteroatoms. The third-order valence-corrected chi connectivity index (χ3v) is 4.01. The lowest BCUT2D eigenvalue weighted by molar-refractivity contribution is -0.122. The number of carbonyl (C=O) groups excluding carboxylic acids is 1. The Morgan fingerprint density at radius 2 is 2.17 bits per heavy atom. The van der Waals surface area contributed by atoms with Gasteiger partial charge in [0.15, 0.2) is 5.17 Å². The first-order valence-corrected chi connectivity index (χ1v) is 7.51. The molecule has 0 spiro atoms. The van der Waals surface area contributed by atoms with E-state index >= 15 is 0 Å². The van der Waals surface area contributed by atoms with E-state index in [1.54, 1.807) is 11.8 Å². The number of carbonyl (C=O) groups is 1. The van der Waals surface area contributed by atoms with Crippen LogP contribution in [0.3, 0.4) is 0 Å². The van der Waals surface area contributed by atoms with E-state index in [0.717, 1.165) is 10.9 Å². The van der Waals surface area contributed by atoms with Gasteiger partial charge in [0, 0.05) is 23.8 Å². The van der Waals surface area contributed by atoms with Crippen LogP contribution in [-0.2, 0) is 4.79 Å². The number of aliphatic imine (C=N–C) groups is 1. The second kappa shape index (κ2) is 6.45. The topological polar surface area (TPSA) is 53.5 Å². The minimum Gasteiger partial charge on any atom is -0.362 e. The molecule has 0 aromatic heterocycles. The SMILES string of the molecule is CC1CSC(=NCCC(=O)NC(C)(C)C)NC1C. The fourth-order valence-corrected chi connectivity index (χ4v) is 2.73. The van der Waals surface area contributed by atoms with Crippen molar-refractivity contribution < 1.29 is 4.79 Å². The maximum Gasteiger partial charge on any atom is 0.222 e. The van der Waals surface area contributed by atoms with Crippen LogP contribution in [0, 0.1) is 5.92 Å². The van der Waals surface area contributed by atoms with Gasteiger partial charge in [0.2, 0.25) is 5.91 Å². The van der Waals surface area contributed by atoms with Gasteiger partial charge in [0.05, 0.1) is 6.54 Å². The van der Waals surface area contributed by atoms with Crippen LogP contribution < -0.4 is 10.6 Å². The standard InChI is InChI=1S/C13H25N3OS/c1-9-8-18-12(15-10(9)2)14-7-6-11(17)16-13(3,4)5/h9-10H,6-8H2,1-5H3,(H,14,15)(H,16,17). The molecule has 2 unspecified atom stereocenters. The summed E-state index contributed by atoms with van der Waals surface area (Å²) < 4.78 is 0. The van der Waals surface area contributed by atoms with E-state index in [9.17, 15) is 4.79 Å². The Bertz CT molecular complexity index is 323. The summed E-state index contributed by atoms with van der Waals surface area (Å²) in [5, 5.41) is 7.28. The summed E-state index contributed by atoms with van der Waals surface area (Å²) in [6.45, 7) is 10.9. The molecule has 1 saturated heterocycles. The summed E-state index contributed by atoms with van der Waals surface area (Å²) >= 11 is 1.75. The monoisotopic (exact) mass is 271 g/mol. The second-order valence-electron chi connectivity index (χ2n) is 5.96. The molecular formula is C13H25N3OS. The van der Waals surface area contributed by atoms with Crippen molar-refractivity contribution in [1.29, 1.82) is 0 Å². The molecule has 18 heavy (non-hydrogen) atoms. The Hall–Kier alpha value is -0.710. The van der Waals surface area contributed by atoms with Crippen LogP contribution in [0.2, 0.25) is 0 Å². The van der Waals surface area contributed by atoms with Gasteiger partial charge in [-0.15, -0.1) is 0 Å². The Balaban J connectivity index is 2.30. The third-order valence-electron chi connectivity index (χ3n) is 2.80. The van der Waals surface area contributed by atoms with Crippen molar-refractivity contribution in [3.8, 4) is 0 Å². The number of nitrogens with one attached hydrogen (secondary N) is 2. The van der Waals surface area contributed by atoms with E-state index in [1.807, 2.05) is 20.8 Å². The van der Waals surface area contributed by atoms with Crippen LogP contribution in [0.5, 0.6) is 0 Å². The highest BCUT2D eigenvalue weighted by Crippen LogP contribution is 2.19. The van der Waals surface area contributed by atoms with E-state index in [0.29, 0.717) is 24.9 Å². The molecule has 0 radical (unpaired) electrons. The van der Waals surface area contributed by atoms with E-state index in [-0.39, 0.29) is 11.4 Å². The Morgan fingerprint density at radius 3 is 2.72 bits per heavy atom. The van der Waals surface area contributed by atoms with Crippen LogP contribution in [0.1, 0.15) is 41.0 Å². The predicted octanol–water partition coefficient (Wildman–Crippen LogP) is 2.01. The number of amidine groups is 1. The van der Waals surface area contributed by atoms with Crippen molar-refractivity contribution in [2.24, 2.45) is 10.9 Å². The van der Waals surface area contributed by atoms with Crippen LogP contribution in [0.15, 0.2) is 4.99 Å². The molecule has 1 rings (SSSR count). The minimum atomic E-state index is -0.161. The molecule has 0 saturated carbocycles.